The number of fused-ring (bicyclic) bond motifs is 1. The predicted octanol–water partition coefficient (Wildman–Crippen LogP) is 3.57. The van der Waals surface area contributed by atoms with Crippen LogP contribution in [0.2, 0.25) is 0 Å². The van der Waals surface area contributed by atoms with Gasteiger partial charge in [-0.1, -0.05) is 0 Å². The van der Waals surface area contributed by atoms with Crippen LogP contribution in [0.1, 0.15) is 17.5 Å². The molecule has 0 bridgehead atoms. The van der Waals surface area contributed by atoms with Gasteiger partial charge >= 0.3 is 12.2 Å². The number of aliphatic hydroxyl groups excluding tert-OH is 1. The summed E-state index contributed by atoms with van der Waals surface area (Å²) < 4.78 is 60.5. The number of carbonyl (C=O) groups is 1. The molecule has 0 saturated carbocycles. The molecule has 0 aliphatic carbocycles. The first-order chi connectivity index (χ1) is 20.0. The fourth-order valence-electron chi connectivity index (χ4n) is 5.59. The van der Waals surface area contributed by atoms with E-state index >= 15 is 0 Å². The molecule has 42 heavy (non-hydrogen) atoms. The van der Waals surface area contributed by atoms with Crippen molar-refractivity contribution in [2.24, 2.45) is 5.73 Å². The van der Waals surface area contributed by atoms with Gasteiger partial charge in [0.2, 0.25) is 0 Å². The molecule has 1 aromatic heterocycles. The van der Waals surface area contributed by atoms with Gasteiger partial charge in [-0.15, -0.1) is 0 Å². The van der Waals surface area contributed by atoms with Crippen LogP contribution in [0, 0.1) is 0 Å². The Morgan fingerprint density at radius 2 is 1.81 bits per heavy atom. The molecule has 3 N–H and O–H groups in total. The normalized spacial score (nSPS) is 16.6. The van der Waals surface area contributed by atoms with Gasteiger partial charge < -0.3 is 30.0 Å². The first kappa shape index (κ1) is 29.3. The molecule has 0 radical (unpaired) electrons. The lowest BCUT2D eigenvalue weighted by Gasteiger charge is -2.24. The molecule has 0 unspecified atom stereocenters. The van der Waals surface area contributed by atoms with Gasteiger partial charge in [-0.25, -0.2) is 4.79 Å². The molecule has 13 heteroatoms. The number of ether oxygens (including phenoxy) is 3. The summed E-state index contributed by atoms with van der Waals surface area (Å²) in [6.07, 6.45) is -2.70. The average molecular weight is 589 g/mol. The Labute approximate surface area is 239 Å². The van der Waals surface area contributed by atoms with Crippen LogP contribution < -0.4 is 30.6 Å². The molecule has 5 rings (SSSR count). The van der Waals surface area contributed by atoms with Gasteiger partial charge in [0.15, 0.2) is 0 Å². The second-order valence-electron chi connectivity index (χ2n) is 10.0. The van der Waals surface area contributed by atoms with Crippen LogP contribution in [0.3, 0.4) is 0 Å². The fourth-order valence-corrected chi connectivity index (χ4v) is 5.59. The van der Waals surface area contributed by atoms with Crippen molar-refractivity contribution in [3.63, 3.8) is 0 Å². The van der Waals surface area contributed by atoms with E-state index in [0.29, 0.717) is 53.4 Å². The number of urea groups is 1. The maximum Gasteiger partial charge on any atom is 0.418 e. The van der Waals surface area contributed by atoms with Gasteiger partial charge in [0.1, 0.15) is 17.2 Å². The second kappa shape index (κ2) is 11.6. The summed E-state index contributed by atoms with van der Waals surface area (Å²) in [5.74, 6) is 0.871. The van der Waals surface area contributed by atoms with Crippen molar-refractivity contribution < 1.29 is 37.3 Å². The number of halogens is 3. The number of carbonyl (C=O) groups excluding carboxylic acids is 1. The van der Waals surface area contributed by atoms with Gasteiger partial charge in [0.25, 0.3) is 5.56 Å². The third kappa shape index (κ3) is 5.49. The number of hydrogen-bond donors (Lipinski definition) is 2. The largest absolute Gasteiger partial charge is 0.497 e. The zero-order valence-electron chi connectivity index (χ0n) is 23.1. The Morgan fingerprint density at radius 3 is 2.43 bits per heavy atom. The van der Waals surface area contributed by atoms with Crippen LogP contribution in [0.15, 0.2) is 47.4 Å². The van der Waals surface area contributed by atoms with Gasteiger partial charge in [-0.05, 0) is 54.3 Å². The van der Waals surface area contributed by atoms with E-state index in [4.69, 9.17) is 25.1 Å². The highest BCUT2D eigenvalue weighted by Crippen LogP contribution is 2.40. The topological polar surface area (TPSA) is 119 Å². The van der Waals surface area contributed by atoms with Gasteiger partial charge in [0, 0.05) is 43.1 Å². The standard InChI is InChI=1S/C29H31F3N4O6/c1-40-20-11-17(12-21(14-20)41-2)23-16-36(27(38)26-22(23)6-8-35(26)28(33)39)25-13-18(3-4-24(25)29(30,31)32)34-7-5-19(15-34)42-10-9-37/h3-4,11-14,16,19,37H,5-10,15H2,1-2H3,(H2,33,39)/t19-/m0/s1. The summed E-state index contributed by atoms with van der Waals surface area (Å²) in [4.78, 5) is 29.2. The molecule has 10 nitrogen and oxygen atoms in total. The monoisotopic (exact) mass is 588 g/mol. The van der Waals surface area contributed by atoms with Crippen molar-refractivity contribution in [2.45, 2.75) is 25.1 Å². The molecule has 0 spiro atoms. The molecule has 2 aliphatic heterocycles. The van der Waals surface area contributed by atoms with Crippen LogP contribution in [-0.2, 0) is 17.3 Å². The van der Waals surface area contributed by atoms with E-state index in [9.17, 15) is 22.8 Å². The van der Waals surface area contributed by atoms with E-state index < -0.39 is 23.3 Å². The van der Waals surface area contributed by atoms with Gasteiger partial charge in [-0.2, -0.15) is 13.2 Å². The number of alkyl halides is 3. The number of aromatic nitrogens is 1. The van der Waals surface area contributed by atoms with Crippen molar-refractivity contribution in [1.29, 1.82) is 0 Å². The van der Waals surface area contributed by atoms with Crippen LogP contribution in [0.4, 0.5) is 29.3 Å². The van der Waals surface area contributed by atoms with Crippen molar-refractivity contribution in [1.82, 2.24) is 4.57 Å². The minimum atomic E-state index is -4.78. The highest BCUT2D eigenvalue weighted by atomic mass is 19.4. The van der Waals surface area contributed by atoms with Crippen molar-refractivity contribution in [3.8, 4) is 28.3 Å². The molecular formula is C29H31F3N4O6. The molecule has 2 aliphatic rings. The maximum absolute atomic E-state index is 14.4. The Kier molecular flexibility index (Phi) is 8.06. The number of pyridine rings is 1. The minimum absolute atomic E-state index is 0.0704. The van der Waals surface area contributed by atoms with Crippen molar-refractivity contribution in [2.75, 3.05) is 56.9 Å². The highest BCUT2D eigenvalue weighted by molar-refractivity contribution is 5.95. The van der Waals surface area contributed by atoms with E-state index in [-0.39, 0.29) is 43.7 Å². The number of methoxy groups -OCH3 is 2. The Balaban J connectivity index is 1.73. The van der Waals surface area contributed by atoms with Crippen molar-refractivity contribution >= 4 is 17.4 Å². The molecule has 1 saturated heterocycles. The zero-order chi connectivity index (χ0) is 30.2. The lowest BCUT2D eigenvalue weighted by molar-refractivity contribution is -0.137. The number of aliphatic hydroxyl groups is 1. The number of primary amides is 1. The van der Waals surface area contributed by atoms with Crippen LogP contribution >= 0.6 is 0 Å². The Morgan fingerprint density at radius 1 is 1.10 bits per heavy atom. The predicted molar refractivity (Wildman–Crippen MR) is 150 cm³/mol. The molecule has 224 valence electrons. The summed E-state index contributed by atoms with van der Waals surface area (Å²) in [6, 6.07) is 7.76. The van der Waals surface area contributed by atoms with E-state index in [2.05, 4.69) is 0 Å². The molecule has 3 heterocycles. The average Bonchev–Trinajstić information content (AvgIpc) is 3.63. The molecule has 2 amide bonds. The summed E-state index contributed by atoms with van der Waals surface area (Å²) in [5.41, 5.74) is 5.23. The number of rotatable bonds is 8. The minimum Gasteiger partial charge on any atom is -0.497 e. The lowest BCUT2D eigenvalue weighted by Crippen LogP contribution is -2.38. The fraction of sp³-hybridized carbons (Fsp3) is 0.379. The summed E-state index contributed by atoms with van der Waals surface area (Å²) in [7, 11) is 2.94. The van der Waals surface area contributed by atoms with E-state index in [1.54, 1.807) is 18.2 Å². The highest BCUT2D eigenvalue weighted by Gasteiger charge is 2.37. The third-order valence-corrected chi connectivity index (χ3v) is 7.58. The van der Waals surface area contributed by atoms with E-state index in [1.165, 1.54) is 32.5 Å². The number of benzene rings is 2. The number of nitrogens with zero attached hydrogens (tertiary/aromatic N) is 3. The lowest BCUT2D eigenvalue weighted by atomic mass is 9.99. The van der Waals surface area contributed by atoms with Crippen LogP contribution in [-0.4, -0.2) is 68.9 Å². The van der Waals surface area contributed by atoms with Crippen LogP contribution in [0.25, 0.3) is 16.8 Å². The number of amides is 2. The zero-order valence-corrected chi connectivity index (χ0v) is 23.1. The van der Waals surface area contributed by atoms with E-state index in [1.807, 2.05) is 4.90 Å². The Bertz CT molecular complexity index is 1540. The number of nitrogens with two attached hydrogens (primary N) is 1. The maximum atomic E-state index is 14.4. The van der Waals surface area contributed by atoms with Gasteiger partial charge in [-0.3, -0.25) is 14.3 Å². The number of hydrogen-bond acceptors (Lipinski definition) is 7. The summed E-state index contributed by atoms with van der Waals surface area (Å²) >= 11 is 0. The first-order valence-electron chi connectivity index (χ1n) is 13.3. The first-order valence-corrected chi connectivity index (χ1v) is 13.3. The second-order valence-corrected chi connectivity index (χ2v) is 10.0. The summed E-state index contributed by atoms with van der Waals surface area (Å²) in [6.45, 7) is 1.06. The van der Waals surface area contributed by atoms with Crippen molar-refractivity contribution in [3.05, 3.63) is 64.1 Å². The molecule has 3 aromatic rings. The smallest absolute Gasteiger partial charge is 0.418 e. The number of anilines is 2. The third-order valence-electron chi connectivity index (χ3n) is 7.58. The SMILES string of the molecule is COc1cc(OC)cc(-c2cn(-c3cc(N4CC[C@H](OCCO)C4)ccc3C(F)(F)F)c(=O)c3c2CCN3C(N)=O)c1. The van der Waals surface area contributed by atoms with E-state index in [0.717, 1.165) is 15.5 Å². The quantitative estimate of drug-likeness (QED) is 0.413. The molecule has 1 fully saturated rings. The molecule has 2 aromatic carbocycles. The summed E-state index contributed by atoms with van der Waals surface area (Å²) in [5, 5.41) is 9.06. The van der Waals surface area contributed by atoms with Gasteiger partial charge in [0.05, 0.1) is 44.8 Å². The Hall–Kier alpha value is -4.23. The van der Waals surface area contributed by atoms with Crippen LogP contribution in [0.5, 0.6) is 11.5 Å². The molecular weight excluding hydrogens is 557 g/mol. The molecule has 1 atom stereocenters.